The number of hydrogen-bond donors (Lipinski definition) is 1. The van der Waals surface area contributed by atoms with Crippen LogP contribution in [0, 0.1) is 5.82 Å². The summed E-state index contributed by atoms with van der Waals surface area (Å²) < 4.78 is 19.9. The van der Waals surface area contributed by atoms with Gasteiger partial charge in [-0.1, -0.05) is 22.0 Å². The Morgan fingerprint density at radius 2 is 2.05 bits per heavy atom. The summed E-state index contributed by atoms with van der Waals surface area (Å²) >= 11 is 3.36. The first-order chi connectivity index (χ1) is 9.19. The molecule has 0 amide bonds. The lowest BCUT2D eigenvalue weighted by molar-refractivity contribution is 0.383. The zero-order valence-electron chi connectivity index (χ0n) is 10.5. The third-order valence-corrected chi connectivity index (χ3v) is 3.43. The van der Waals surface area contributed by atoms with Crippen molar-refractivity contribution in [2.75, 3.05) is 14.2 Å². The quantitative estimate of drug-likeness (QED) is 0.938. The van der Waals surface area contributed by atoms with Gasteiger partial charge in [0.25, 0.3) is 0 Å². The third kappa shape index (κ3) is 2.74. The molecule has 0 aliphatic rings. The zero-order chi connectivity index (χ0) is 13.8. The number of methoxy groups -OCH3 is 1. The van der Waals surface area contributed by atoms with Crippen molar-refractivity contribution in [1.82, 2.24) is 15.3 Å². The summed E-state index contributed by atoms with van der Waals surface area (Å²) in [7, 11) is 3.24. The van der Waals surface area contributed by atoms with Crippen LogP contribution in [-0.4, -0.2) is 24.1 Å². The Balaban J connectivity index is 2.57. The molecule has 0 spiro atoms. The smallest absolute Gasteiger partial charge is 0.237 e. The summed E-state index contributed by atoms with van der Waals surface area (Å²) in [5, 5.41) is 3.04. The predicted octanol–water partition coefficient (Wildman–Crippen LogP) is 2.70. The van der Waals surface area contributed by atoms with Crippen molar-refractivity contribution in [3.63, 3.8) is 0 Å². The number of nitrogens with one attached hydrogen (secondary N) is 1. The minimum Gasteiger partial charge on any atom is -0.480 e. The molecule has 2 aromatic rings. The van der Waals surface area contributed by atoms with Gasteiger partial charge in [0.15, 0.2) is 0 Å². The van der Waals surface area contributed by atoms with E-state index in [-0.39, 0.29) is 5.82 Å². The van der Waals surface area contributed by atoms with Crippen molar-refractivity contribution in [3.05, 3.63) is 52.1 Å². The topological polar surface area (TPSA) is 47.0 Å². The van der Waals surface area contributed by atoms with E-state index in [1.54, 1.807) is 25.4 Å². The number of aromatic nitrogens is 2. The minimum absolute atomic E-state index is 0.318. The van der Waals surface area contributed by atoms with Gasteiger partial charge in [0.1, 0.15) is 11.5 Å². The largest absolute Gasteiger partial charge is 0.480 e. The van der Waals surface area contributed by atoms with Crippen LogP contribution in [0.2, 0.25) is 0 Å². The van der Waals surface area contributed by atoms with Crippen molar-refractivity contribution in [3.8, 4) is 5.88 Å². The molecule has 1 heterocycles. The van der Waals surface area contributed by atoms with Gasteiger partial charge >= 0.3 is 0 Å². The highest BCUT2D eigenvalue weighted by Crippen LogP contribution is 2.32. The van der Waals surface area contributed by atoms with Crippen molar-refractivity contribution >= 4 is 15.9 Å². The summed E-state index contributed by atoms with van der Waals surface area (Å²) in [6, 6.07) is 4.39. The lowest BCUT2D eigenvalue weighted by atomic mass is 10.0. The molecule has 0 saturated heterocycles. The van der Waals surface area contributed by atoms with E-state index in [1.807, 2.05) is 0 Å². The number of rotatable bonds is 4. The van der Waals surface area contributed by atoms with Gasteiger partial charge in [0.2, 0.25) is 5.88 Å². The molecule has 100 valence electrons. The maximum atomic E-state index is 14.0. The molecule has 1 atom stereocenters. The third-order valence-electron chi connectivity index (χ3n) is 2.74. The van der Waals surface area contributed by atoms with Crippen molar-refractivity contribution in [2.24, 2.45) is 0 Å². The molecule has 1 aromatic heterocycles. The molecule has 1 N–H and O–H groups in total. The van der Waals surface area contributed by atoms with Gasteiger partial charge in [-0.3, -0.25) is 4.98 Å². The molecule has 0 fully saturated rings. The molecule has 0 aliphatic heterocycles. The summed E-state index contributed by atoms with van der Waals surface area (Å²) in [6.07, 6.45) is 3.09. The minimum atomic E-state index is -0.445. The molecule has 2 rings (SSSR count). The first-order valence-electron chi connectivity index (χ1n) is 5.65. The van der Waals surface area contributed by atoms with Crippen molar-refractivity contribution in [1.29, 1.82) is 0 Å². The SMILES string of the molecule is CNC(c1nccnc1OC)c1c(F)cccc1Br. The highest BCUT2D eigenvalue weighted by Gasteiger charge is 2.24. The Kier molecular flexibility index (Phi) is 4.44. The molecule has 0 saturated carbocycles. The monoisotopic (exact) mass is 325 g/mol. The van der Waals surface area contributed by atoms with Crippen LogP contribution in [0.3, 0.4) is 0 Å². The number of nitrogens with zero attached hydrogens (tertiary/aromatic N) is 2. The number of hydrogen-bond acceptors (Lipinski definition) is 4. The normalized spacial score (nSPS) is 12.2. The van der Waals surface area contributed by atoms with Gasteiger partial charge < -0.3 is 10.1 Å². The maximum Gasteiger partial charge on any atom is 0.237 e. The summed E-state index contributed by atoms with van der Waals surface area (Å²) in [6.45, 7) is 0. The van der Waals surface area contributed by atoms with Crippen LogP contribution < -0.4 is 10.1 Å². The first kappa shape index (κ1) is 13.9. The van der Waals surface area contributed by atoms with Crippen molar-refractivity contribution < 1.29 is 9.13 Å². The van der Waals surface area contributed by atoms with Crippen LogP contribution in [0.1, 0.15) is 17.3 Å². The van der Waals surface area contributed by atoms with Crippen molar-refractivity contribution in [2.45, 2.75) is 6.04 Å². The Labute approximate surface area is 119 Å². The van der Waals surface area contributed by atoms with E-state index in [1.165, 1.54) is 19.4 Å². The molecular weight excluding hydrogens is 313 g/mol. The fraction of sp³-hybridized carbons (Fsp3) is 0.231. The van der Waals surface area contributed by atoms with Crippen LogP contribution in [-0.2, 0) is 0 Å². The molecule has 0 aliphatic carbocycles. The van der Waals surface area contributed by atoms with Crippen LogP contribution in [0.25, 0.3) is 0 Å². The fourth-order valence-electron chi connectivity index (χ4n) is 1.90. The molecule has 0 bridgehead atoms. The first-order valence-corrected chi connectivity index (χ1v) is 6.44. The summed E-state index contributed by atoms with van der Waals surface area (Å²) in [4.78, 5) is 8.33. The lowest BCUT2D eigenvalue weighted by Gasteiger charge is -2.19. The Morgan fingerprint density at radius 1 is 1.32 bits per heavy atom. The predicted molar refractivity (Wildman–Crippen MR) is 73.6 cm³/mol. The molecule has 0 radical (unpaired) electrons. The Morgan fingerprint density at radius 3 is 2.68 bits per heavy atom. The highest BCUT2D eigenvalue weighted by atomic mass is 79.9. The van der Waals surface area contributed by atoms with Crippen LogP contribution >= 0.6 is 15.9 Å². The number of ether oxygens (including phenoxy) is 1. The second-order valence-electron chi connectivity index (χ2n) is 3.81. The molecule has 1 aromatic carbocycles. The summed E-state index contributed by atoms with van der Waals surface area (Å²) in [5.41, 5.74) is 1.02. The van der Waals surface area contributed by atoms with E-state index in [2.05, 4.69) is 31.2 Å². The maximum absolute atomic E-state index is 14.0. The average Bonchev–Trinajstić information content (AvgIpc) is 2.43. The van der Waals surface area contributed by atoms with E-state index >= 15 is 0 Å². The Hall–Kier alpha value is -1.53. The van der Waals surface area contributed by atoms with Gasteiger partial charge in [-0.2, -0.15) is 0 Å². The standard InChI is InChI=1S/C13H13BrFN3O/c1-16-11(10-8(14)4-3-5-9(10)15)12-13(19-2)18-7-6-17-12/h3-7,11,16H,1-2H3. The van der Waals surface area contributed by atoms with Gasteiger partial charge in [-0.05, 0) is 19.2 Å². The van der Waals surface area contributed by atoms with Gasteiger partial charge in [0.05, 0.1) is 13.2 Å². The molecule has 19 heavy (non-hydrogen) atoms. The lowest BCUT2D eigenvalue weighted by Crippen LogP contribution is -2.21. The number of halogens is 2. The van der Waals surface area contributed by atoms with Crippen LogP contribution in [0.5, 0.6) is 5.88 Å². The van der Waals surface area contributed by atoms with E-state index in [4.69, 9.17) is 4.74 Å². The van der Waals surface area contributed by atoms with E-state index < -0.39 is 6.04 Å². The van der Waals surface area contributed by atoms with Gasteiger partial charge in [0, 0.05) is 22.4 Å². The highest BCUT2D eigenvalue weighted by molar-refractivity contribution is 9.10. The zero-order valence-corrected chi connectivity index (χ0v) is 12.1. The number of benzene rings is 1. The second kappa shape index (κ2) is 6.08. The average molecular weight is 326 g/mol. The summed E-state index contributed by atoms with van der Waals surface area (Å²) in [5.74, 6) is 0.0541. The van der Waals surface area contributed by atoms with Gasteiger partial charge in [-0.15, -0.1) is 0 Å². The molecule has 4 nitrogen and oxygen atoms in total. The Bertz CT molecular complexity index is 559. The van der Waals surface area contributed by atoms with Crippen LogP contribution in [0.15, 0.2) is 35.1 Å². The molecular formula is C13H13BrFN3O. The molecule has 6 heteroatoms. The fourth-order valence-corrected chi connectivity index (χ4v) is 2.47. The van der Waals surface area contributed by atoms with E-state index in [0.29, 0.717) is 21.6 Å². The van der Waals surface area contributed by atoms with E-state index in [0.717, 1.165) is 0 Å². The second-order valence-corrected chi connectivity index (χ2v) is 4.66. The van der Waals surface area contributed by atoms with Crippen LogP contribution in [0.4, 0.5) is 4.39 Å². The molecule has 1 unspecified atom stereocenters. The van der Waals surface area contributed by atoms with E-state index in [9.17, 15) is 4.39 Å². The van der Waals surface area contributed by atoms with Gasteiger partial charge in [-0.25, -0.2) is 9.37 Å².